The maximum atomic E-state index is 8.69. The van der Waals surface area contributed by atoms with Gasteiger partial charge in [-0.2, -0.15) is 0 Å². The third-order valence-corrected chi connectivity index (χ3v) is 4.43. The summed E-state index contributed by atoms with van der Waals surface area (Å²) in [5.74, 6) is 0. The molecule has 1 N–H and O–H groups in total. The quantitative estimate of drug-likeness (QED) is 0.330. The van der Waals surface area contributed by atoms with Crippen molar-refractivity contribution in [2.24, 2.45) is 0 Å². The first kappa shape index (κ1) is 18.0. The molecule has 120 valence electrons. The Kier molecular flexibility index (Phi) is 11.4. The molecule has 0 amide bonds. The van der Waals surface area contributed by atoms with Crippen molar-refractivity contribution < 1.29 is 9.84 Å². The molecule has 0 bridgehead atoms. The SMILES string of the molecule is CCCCCCC1OC1CCCCCCCCCCO. The first-order chi connectivity index (χ1) is 9.88. The molecule has 2 atom stereocenters. The summed E-state index contributed by atoms with van der Waals surface area (Å²) in [4.78, 5) is 0. The monoisotopic (exact) mass is 284 g/mol. The maximum Gasteiger partial charge on any atom is 0.0841 e. The molecule has 0 radical (unpaired) electrons. The van der Waals surface area contributed by atoms with Crippen LogP contribution >= 0.6 is 0 Å². The molecular formula is C18H36O2. The largest absolute Gasteiger partial charge is 0.396 e. The zero-order chi connectivity index (χ0) is 14.5. The van der Waals surface area contributed by atoms with Crippen LogP contribution in [0.1, 0.15) is 96.8 Å². The standard InChI is InChI=1S/C18H36O2/c1-2-3-4-11-14-17-18(20-17)15-12-9-7-5-6-8-10-13-16-19/h17-19H,2-16H2,1H3. The van der Waals surface area contributed by atoms with E-state index >= 15 is 0 Å². The van der Waals surface area contributed by atoms with E-state index in [4.69, 9.17) is 9.84 Å². The Balaban J connectivity index is 1.73. The summed E-state index contributed by atoms with van der Waals surface area (Å²) < 4.78 is 5.75. The van der Waals surface area contributed by atoms with E-state index in [1.165, 1.54) is 83.5 Å². The van der Waals surface area contributed by atoms with Gasteiger partial charge in [0.1, 0.15) is 0 Å². The van der Waals surface area contributed by atoms with Crippen molar-refractivity contribution in [1.29, 1.82) is 0 Å². The summed E-state index contributed by atoms with van der Waals surface area (Å²) >= 11 is 0. The van der Waals surface area contributed by atoms with Gasteiger partial charge < -0.3 is 9.84 Å². The molecule has 0 aromatic heterocycles. The molecule has 2 unspecified atom stereocenters. The molecule has 1 rings (SSSR count). The molecule has 0 spiro atoms. The predicted molar refractivity (Wildman–Crippen MR) is 86.1 cm³/mol. The lowest BCUT2D eigenvalue weighted by molar-refractivity contribution is 0.282. The van der Waals surface area contributed by atoms with E-state index in [0.29, 0.717) is 18.8 Å². The molecule has 1 fully saturated rings. The smallest absolute Gasteiger partial charge is 0.0841 e. The average molecular weight is 284 g/mol. The van der Waals surface area contributed by atoms with E-state index in [0.717, 1.165) is 6.42 Å². The summed E-state index contributed by atoms with van der Waals surface area (Å²) in [7, 11) is 0. The minimum absolute atomic E-state index is 0.362. The first-order valence-electron chi connectivity index (χ1n) is 9.14. The van der Waals surface area contributed by atoms with Crippen LogP contribution in [0.2, 0.25) is 0 Å². The van der Waals surface area contributed by atoms with Crippen LogP contribution in [-0.2, 0) is 4.74 Å². The highest BCUT2D eigenvalue weighted by atomic mass is 16.6. The molecule has 0 aromatic carbocycles. The summed E-state index contributed by atoms with van der Waals surface area (Å²) in [6.07, 6.45) is 19.6. The highest BCUT2D eigenvalue weighted by Gasteiger charge is 2.36. The van der Waals surface area contributed by atoms with Crippen molar-refractivity contribution in [3.05, 3.63) is 0 Å². The zero-order valence-corrected chi connectivity index (χ0v) is 13.6. The number of hydrogen-bond donors (Lipinski definition) is 1. The summed E-state index contributed by atoms with van der Waals surface area (Å²) in [5, 5.41) is 8.69. The normalized spacial score (nSPS) is 21.3. The van der Waals surface area contributed by atoms with Crippen LogP contribution in [0.5, 0.6) is 0 Å². The maximum absolute atomic E-state index is 8.69. The van der Waals surface area contributed by atoms with E-state index in [2.05, 4.69) is 6.92 Å². The van der Waals surface area contributed by atoms with E-state index < -0.39 is 0 Å². The number of rotatable bonds is 15. The van der Waals surface area contributed by atoms with E-state index in [9.17, 15) is 0 Å². The lowest BCUT2D eigenvalue weighted by atomic mass is 10.0. The van der Waals surface area contributed by atoms with Crippen molar-refractivity contribution >= 4 is 0 Å². The van der Waals surface area contributed by atoms with Crippen LogP contribution in [0, 0.1) is 0 Å². The van der Waals surface area contributed by atoms with Crippen molar-refractivity contribution in [2.45, 2.75) is 109 Å². The molecule has 0 saturated carbocycles. The van der Waals surface area contributed by atoms with Crippen LogP contribution in [0.3, 0.4) is 0 Å². The summed E-state index contributed by atoms with van der Waals surface area (Å²) in [6.45, 7) is 2.63. The van der Waals surface area contributed by atoms with Crippen LogP contribution in [-0.4, -0.2) is 23.9 Å². The van der Waals surface area contributed by atoms with Gasteiger partial charge in [0.2, 0.25) is 0 Å². The van der Waals surface area contributed by atoms with Crippen molar-refractivity contribution in [3.8, 4) is 0 Å². The minimum Gasteiger partial charge on any atom is -0.396 e. The number of aliphatic hydroxyl groups excluding tert-OH is 1. The third kappa shape index (κ3) is 9.77. The van der Waals surface area contributed by atoms with Crippen LogP contribution in [0.25, 0.3) is 0 Å². The van der Waals surface area contributed by atoms with Crippen LogP contribution < -0.4 is 0 Å². The highest BCUT2D eigenvalue weighted by Crippen LogP contribution is 2.31. The Morgan fingerprint density at radius 2 is 1.10 bits per heavy atom. The lowest BCUT2D eigenvalue weighted by Crippen LogP contribution is -1.94. The second-order valence-corrected chi connectivity index (χ2v) is 6.40. The number of hydrogen-bond acceptors (Lipinski definition) is 2. The molecule has 2 heteroatoms. The Morgan fingerprint density at radius 3 is 1.60 bits per heavy atom. The Bertz CT molecular complexity index is 206. The van der Waals surface area contributed by atoms with E-state index in [1.807, 2.05) is 0 Å². The van der Waals surface area contributed by atoms with Gasteiger partial charge in [-0.3, -0.25) is 0 Å². The van der Waals surface area contributed by atoms with Gasteiger partial charge in [0.25, 0.3) is 0 Å². The minimum atomic E-state index is 0.362. The zero-order valence-electron chi connectivity index (χ0n) is 13.6. The van der Waals surface area contributed by atoms with Gasteiger partial charge in [-0.25, -0.2) is 0 Å². The fourth-order valence-electron chi connectivity index (χ4n) is 2.98. The first-order valence-corrected chi connectivity index (χ1v) is 9.14. The Hall–Kier alpha value is -0.0800. The number of epoxide rings is 1. The molecule has 1 aliphatic heterocycles. The van der Waals surface area contributed by atoms with Crippen molar-refractivity contribution in [1.82, 2.24) is 0 Å². The van der Waals surface area contributed by atoms with Crippen LogP contribution in [0.4, 0.5) is 0 Å². The molecule has 0 aliphatic carbocycles. The fraction of sp³-hybridized carbons (Fsp3) is 1.00. The molecule has 20 heavy (non-hydrogen) atoms. The van der Waals surface area contributed by atoms with Crippen molar-refractivity contribution in [3.63, 3.8) is 0 Å². The fourth-order valence-corrected chi connectivity index (χ4v) is 2.98. The van der Waals surface area contributed by atoms with Gasteiger partial charge in [-0.05, 0) is 19.3 Å². The summed E-state index contributed by atoms with van der Waals surface area (Å²) in [6, 6.07) is 0. The topological polar surface area (TPSA) is 32.8 Å². The molecule has 0 aromatic rings. The second kappa shape index (κ2) is 12.6. The third-order valence-electron chi connectivity index (χ3n) is 4.43. The Morgan fingerprint density at radius 1 is 0.650 bits per heavy atom. The van der Waals surface area contributed by atoms with Gasteiger partial charge in [0.15, 0.2) is 0 Å². The van der Waals surface area contributed by atoms with E-state index in [1.54, 1.807) is 0 Å². The predicted octanol–water partition coefficient (Wildman–Crippen LogP) is 5.23. The van der Waals surface area contributed by atoms with Gasteiger partial charge in [-0.1, -0.05) is 77.6 Å². The van der Waals surface area contributed by atoms with Gasteiger partial charge in [0.05, 0.1) is 12.2 Å². The van der Waals surface area contributed by atoms with Gasteiger partial charge in [-0.15, -0.1) is 0 Å². The number of aliphatic hydroxyl groups is 1. The van der Waals surface area contributed by atoms with Gasteiger partial charge in [0, 0.05) is 6.61 Å². The molecular weight excluding hydrogens is 248 g/mol. The molecule has 2 nitrogen and oxygen atoms in total. The highest BCUT2D eigenvalue weighted by molar-refractivity contribution is 4.84. The number of unbranched alkanes of at least 4 members (excludes halogenated alkanes) is 10. The second-order valence-electron chi connectivity index (χ2n) is 6.40. The van der Waals surface area contributed by atoms with E-state index in [-0.39, 0.29) is 0 Å². The molecule has 1 saturated heterocycles. The van der Waals surface area contributed by atoms with Crippen LogP contribution in [0.15, 0.2) is 0 Å². The summed E-state index contributed by atoms with van der Waals surface area (Å²) in [5.41, 5.74) is 0. The lowest BCUT2D eigenvalue weighted by Gasteiger charge is -2.01. The number of ether oxygens (including phenoxy) is 1. The van der Waals surface area contributed by atoms with Gasteiger partial charge >= 0.3 is 0 Å². The average Bonchev–Trinajstić information content (AvgIpc) is 3.20. The molecule has 1 aliphatic rings. The Labute approximate surface area is 126 Å². The van der Waals surface area contributed by atoms with Crippen molar-refractivity contribution in [2.75, 3.05) is 6.61 Å². The molecule has 1 heterocycles.